The highest BCUT2D eigenvalue weighted by molar-refractivity contribution is 5.90. The number of amides is 5. The molecule has 0 saturated carbocycles. The molecule has 2 rings (SSSR count). The summed E-state index contributed by atoms with van der Waals surface area (Å²) >= 11 is 0. The Bertz CT molecular complexity index is 1510. The summed E-state index contributed by atoms with van der Waals surface area (Å²) < 4.78 is 17.4. The number of nitrogens with one attached hydrogen (secondary N) is 3. The van der Waals surface area contributed by atoms with E-state index in [1.807, 2.05) is 90.9 Å². The van der Waals surface area contributed by atoms with Gasteiger partial charge >= 0.3 is 0 Å². The fraction of sp³-hybridized carbons (Fsp3) is 0.761. The lowest BCUT2D eigenvalue weighted by molar-refractivity contribution is -0.148. The topological polar surface area (TPSA) is 199 Å². The van der Waals surface area contributed by atoms with Gasteiger partial charge in [0.25, 0.3) is 0 Å². The second-order valence-corrected chi connectivity index (χ2v) is 17.8. The third-order valence-corrected chi connectivity index (χ3v) is 12.1. The molecule has 354 valence electrons. The summed E-state index contributed by atoms with van der Waals surface area (Å²) in [4.78, 5) is 74.9. The summed E-state index contributed by atoms with van der Waals surface area (Å²) in [6.07, 6.45) is 0.409. The summed E-state index contributed by atoms with van der Waals surface area (Å²) in [6, 6.07) is 6.37. The minimum atomic E-state index is -0.965. The number of carbonyl (C=O) groups is 5. The average Bonchev–Trinajstić information content (AvgIpc) is 3.72. The number of hydrogen-bond acceptors (Lipinski definition) is 11. The van der Waals surface area contributed by atoms with Crippen LogP contribution in [0, 0.1) is 23.7 Å². The van der Waals surface area contributed by atoms with Crippen molar-refractivity contribution >= 4 is 29.5 Å². The molecule has 0 aromatic heterocycles. The summed E-state index contributed by atoms with van der Waals surface area (Å²) in [5, 5.41) is 27.3. The Labute approximate surface area is 371 Å². The summed E-state index contributed by atoms with van der Waals surface area (Å²) in [7, 11) is 8.48. The molecule has 0 bridgehead atoms. The Morgan fingerprint density at radius 2 is 1.56 bits per heavy atom. The molecule has 10 atom stereocenters. The first-order chi connectivity index (χ1) is 29.3. The van der Waals surface area contributed by atoms with Crippen LogP contribution < -0.4 is 16.0 Å². The first kappa shape index (κ1) is 54.5. The van der Waals surface area contributed by atoms with E-state index >= 15 is 0 Å². The number of ether oxygens (including phenoxy) is 3. The minimum absolute atomic E-state index is 0.0127. The largest absolute Gasteiger partial charge is 0.394 e. The third-order valence-electron chi connectivity index (χ3n) is 12.1. The second kappa shape index (κ2) is 27.5. The van der Waals surface area contributed by atoms with E-state index in [4.69, 9.17) is 19.3 Å². The lowest BCUT2D eigenvalue weighted by atomic mass is 9.89. The number of carbonyl (C=O) groups excluding carboxylic acids is 5. The predicted octanol–water partition coefficient (Wildman–Crippen LogP) is 2.24. The molecule has 5 N–H and O–H groups in total. The van der Waals surface area contributed by atoms with Gasteiger partial charge in [0.2, 0.25) is 29.5 Å². The zero-order chi connectivity index (χ0) is 46.7. The lowest BCUT2D eigenvalue weighted by Crippen LogP contribution is -2.59. The van der Waals surface area contributed by atoms with Crippen molar-refractivity contribution in [3.8, 4) is 0 Å². The van der Waals surface area contributed by atoms with Gasteiger partial charge in [-0.25, -0.2) is 0 Å². The average molecular weight is 877 g/mol. The number of hydrogen-bond donors (Lipinski definition) is 5. The second-order valence-electron chi connectivity index (χ2n) is 17.8. The van der Waals surface area contributed by atoms with Crippen LogP contribution >= 0.6 is 0 Å². The van der Waals surface area contributed by atoms with E-state index in [0.717, 1.165) is 5.56 Å². The molecule has 1 aliphatic heterocycles. The molecular formula is C46H80N6O10. The number of likely N-dealkylation sites (N-methyl/N-ethyl adjacent to an activating group) is 2. The van der Waals surface area contributed by atoms with Gasteiger partial charge in [-0.15, -0.1) is 0 Å². The molecule has 1 fully saturated rings. The molecule has 1 heterocycles. The van der Waals surface area contributed by atoms with Crippen molar-refractivity contribution in [2.24, 2.45) is 23.7 Å². The lowest BCUT2D eigenvalue weighted by Gasteiger charge is -2.41. The molecule has 1 aliphatic rings. The highest BCUT2D eigenvalue weighted by atomic mass is 16.5. The number of methoxy groups -OCH3 is 2. The van der Waals surface area contributed by atoms with E-state index in [1.165, 1.54) is 7.11 Å². The molecule has 0 aliphatic carbocycles. The monoisotopic (exact) mass is 877 g/mol. The zero-order valence-electron chi connectivity index (χ0n) is 39.6. The quantitative estimate of drug-likeness (QED) is 0.0775. The molecular weight excluding hydrogens is 797 g/mol. The first-order valence-corrected chi connectivity index (χ1v) is 22.4. The van der Waals surface area contributed by atoms with Crippen LogP contribution in [0.15, 0.2) is 30.3 Å². The van der Waals surface area contributed by atoms with Gasteiger partial charge in [0, 0.05) is 47.4 Å². The highest BCUT2D eigenvalue weighted by Gasteiger charge is 2.43. The van der Waals surface area contributed by atoms with E-state index in [2.05, 4.69) is 16.0 Å². The van der Waals surface area contributed by atoms with Crippen LogP contribution in [0.1, 0.15) is 86.1 Å². The summed E-state index contributed by atoms with van der Waals surface area (Å²) in [5.74, 6) is -2.38. The van der Waals surface area contributed by atoms with Crippen LogP contribution in [0.5, 0.6) is 0 Å². The van der Waals surface area contributed by atoms with E-state index < -0.39 is 67.0 Å². The Morgan fingerprint density at radius 3 is 2.11 bits per heavy atom. The number of likely N-dealkylation sites (tertiary alicyclic amines) is 1. The fourth-order valence-corrected chi connectivity index (χ4v) is 8.55. The first-order valence-electron chi connectivity index (χ1n) is 22.4. The van der Waals surface area contributed by atoms with Crippen molar-refractivity contribution < 1.29 is 48.4 Å². The standard InChI is InChI=1S/C46H80N6O10/c1-13-31(6)41(51(10)46(59)39(29(2)3)49-45(58)40(30(4)5)50(8)9)37(60-11)26-38(55)52-23-17-21-36(52)42(61-12)32(7)43(56)48-35(25-33-19-15-14-16-20-33)44(57)47-22-18-24-62-28-34(54)27-53/h14-16,19-20,29-32,34-37,39-42,53-54H,13,17-18,21-28H2,1-12H3,(H,47,57)(H,48,56)(H,49,58)/t31-,32+,34?,35-,36-,37+,39-,40-,41-,42+/m0/s1. The van der Waals surface area contributed by atoms with Crippen LogP contribution in [0.2, 0.25) is 0 Å². The maximum atomic E-state index is 14.4. The van der Waals surface area contributed by atoms with Crippen LogP contribution in [0.25, 0.3) is 0 Å². The van der Waals surface area contributed by atoms with Gasteiger partial charge < -0.3 is 50.2 Å². The van der Waals surface area contributed by atoms with Gasteiger partial charge in [0.15, 0.2) is 0 Å². The molecule has 1 saturated heterocycles. The number of benzene rings is 1. The Kier molecular flexibility index (Phi) is 24.2. The normalized spacial score (nSPS) is 18.7. The van der Waals surface area contributed by atoms with Crippen molar-refractivity contribution in [3.05, 3.63) is 35.9 Å². The van der Waals surface area contributed by atoms with Crippen molar-refractivity contribution in [1.82, 2.24) is 30.7 Å². The van der Waals surface area contributed by atoms with Crippen molar-refractivity contribution in [3.63, 3.8) is 0 Å². The summed E-state index contributed by atoms with van der Waals surface area (Å²) in [5.41, 5.74) is 0.863. The molecule has 1 aromatic carbocycles. The van der Waals surface area contributed by atoms with Gasteiger partial charge in [-0.05, 0) is 56.7 Å². The molecule has 0 spiro atoms. The number of rotatable bonds is 28. The van der Waals surface area contributed by atoms with Crippen LogP contribution in [0.4, 0.5) is 0 Å². The van der Waals surface area contributed by atoms with E-state index in [1.54, 1.807) is 30.9 Å². The van der Waals surface area contributed by atoms with Gasteiger partial charge in [-0.3, -0.25) is 28.9 Å². The molecule has 1 aromatic rings. The molecule has 62 heavy (non-hydrogen) atoms. The van der Waals surface area contributed by atoms with Gasteiger partial charge in [0.05, 0.1) is 55.9 Å². The maximum Gasteiger partial charge on any atom is 0.245 e. The van der Waals surface area contributed by atoms with Gasteiger partial charge in [0.1, 0.15) is 18.2 Å². The Balaban J connectivity index is 2.25. The Morgan fingerprint density at radius 1 is 0.903 bits per heavy atom. The molecule has 16 nitrogen and oxygen atoms in total. The maximum absolute atomic E-state index is 14.4. The number of nitrogens with zero attached hydrogens (tertiary/aromatic N) is 3. The molecule has 5 amide bonds. The number of aliphatic hydroxyl groups excluding tert-OH is 2. The third kappa shape index (κ3) is 16.2. The SMILES string of the molecule is CC[C@H](C)[C@@H]([C@@H](CC(=O)N1CCC[C@H]1[C@H](OC)[C@@H](C)C(=O)N[C@@H](Cc1ccccc1)C(=O)NCCCOCC(O)CO)OC)N(C)C(=O)[C@@H](NC(=O)[C@H](C(C)C)N(C)C)C(C)C. The van der Waals surface area contributed by atoms with E-state index in [9.17, 15) is 29.1 Å². The van der Waals surface area contributed by atoms with E-state index in [0.29, 0.717) is 32.2 Å². The zero-order valence-corrected chi connectivity index (χ0v) is 39.6. The predicted molar refractivity (Wildman–Crippen MR) is 239 cm³/mol. The molecule has 1 unspecified atom stereocenters. The Hall–Kier alpha value is -3.67. The smallest absolute Gasteiger partial charge is 0.245 e. The minimum Gasteiger partial charge on any atom is -0.394 e. The highest BCUT2D eigenvalue weighted by Crippen LogP contribution is 2.30. The van der Waals surface area contributed by atoms with Crippen LogP contribution in [0.3, 0.4) is 0 Å². The van der Waals surface area contributed by atoms with Crippen LogP contribution in [-0.2, 0) is 44.6 Å². The van der Waals surface area contributed by atoms with Crippen molar-refractivity contribution in [2.75, 3.05) is 68.3 Å². The van der Waals surface area contributed by atoms with Gasteiger partial charge in [-0.2, -0.15) is 0 Å². The number of aliphatic hydroxyl groups is 2. The fourth-order valence-electron chi connectivity index (χ4n) is 8.55. The van der Waals surface area contributed by atoms with Crippen molar-refractivity contribution in [1.29, 1.82) is 0 Å². The van der Waals surface area contributed by atoms with E-state index in [-0.39, 0.29) is 74.0 Å². The van der Waals surface area contributed by atoms with Crippen LogP contribution in [-0.4, -0.2) is 171 Å². The molecule has 0 radical (unpaired) electrons. The molecule has 16 heteroatoms. The van der Waals surface area contributed by atoms with Crippen molar-refractivity contribution in [2.45, 2.75) is 136 Å². The van der Waals surface area contributed by atoms with Gasteiger partial charge in [-0.1, -0.05) is 85.2 Å². The summed E-state index contributed by atoms with van der Waals surface area (Å²) in [6.45, 7) is 14.1.